The van der Waals surface area contributed by atoms with Crippen molar-refractivity contribution < 1.29 is 81.7 Å². The molecule has 15 rings (SSSR count). The van der Waals surface area contributed by atoms with E-state index in [0.717, 1.165) is 134 Å². The van der Waals surface area contributed by atoms with Crippen molar-refractivity contribution in [2.24, 2.45) is 0 Å². The summed E-state index contributed by atoms with van der Waals surface area (Å²) in [5.74, 6) is 2.18. The molecule has 0 bridgehead atoms. The van der Waals surface area contributed by atoms with Gasteiger partial charge in [-0.25, -0.2) is 0 Å². The molecule has 0 saturated carbocycles. The number of rotatable bonds is 15. The van der Waals surface area contributed by atoms with E-state index < -0.39 is 5.92 Å². The van der Waals surface area contributed by atoms with E-state index in [0.29, 0.717) is 22.3 Å². The Morgan fingerprint density at radius 1 is 0.153 bits per heavy atom. The summed E-state index contributed by atoms with van der Waals surface area (Å²) in [5, 5.41) is 159. The molecule has 0 aromatic heterocycles. The molecule has 0 aliphatic heterocycles. The van der Waals surface area contributed by atoms with E-state index in [1.165, 1.54) is 12.1 Å². The summed E-state index contributed by atoms with van der Waals surface area (Å²) in [6, 6.07) is 83.3. The van der Waals surface area contributed by atoms with Gasteiger partial charge in [0.2, 0.25) is 0 Å². The Morgan fingerprint density at radius 2 is 0.387 bits per heavy atom. The number of para-hydroxylation sites is 1. The van der Waals surface area contributed by atoms with Gasteiger partial charge in [0.1, 0.15) is 92.0 Å². The molecule has 15 aromatic carbocycles. The predicted molar refractivity (Wildman–Crippen MR) is 490 cm³/mol. The summed E-state index contributed by atoms with van der Waals surface area (Å²) in [7, 11) is 0. The number of hydrogen-bond donors (Lipinski definition) is 16. The summed E-state index contributed by atoms with van der Waals surface area (Å²) in [4.78, 5) is 0. The molecule has 0 spiro atoms. The summed E-state index contributed by atoms with van der Waals surface area (Å²) < 4.78 is 0. The lowest BCUT2D eigenvalue weighted by molar-refractivity contribution is 0.432. The van der Waals surface area contributed by atoms with Crippen LogP contribution in [0.15, 0.2) is 279 Å². The highest BCUT2D eigenvalue weighted by Gasteiger charge is 2.30. The van der Waals surface area contributed by atoms with Crippen molar-refractivity contribution in [1.82, 2.24) is 0 Å². The molecule has 0 radical (unpaired) electrons. The van der Waals surface area contributed by atoms with Crippen LogP contribution in [0, 0.1) is 90.0 Å². The predicted octanol–water partition coefficient (Wildman–Crippen LogP) is 23.6. The van der Waals surface area contributed by atoms with Gasteiger partial charge in [-0.15, -0.1) is 0 Å². The Morgan fingerprint density at radius 3 is 0.677 bits per heavy atom. The maximum atomic E-state index is 10.6. The van der Waals surface area contributed by atoms with Crippen LogP contribution in [-0.4, -0.2) is 81.7 Å². The first-order chi connectivity index (χ1) is 59.0. The second-order valence-electron chi connectivity index (χ2n) is 32.0. The summed E-state index contributed by atoms with van der Waals surface area (Å²) in [6.45, 7) is 24.4. The van der Waals surface area contributed by atoms with Gasteiger partial charge < -0.3 is 81.7 Å². The first-order valence-electron chi connectivity index (χ1n) is 40.6. The van der Waals surface area contributed by atoms with E-state index in [2.05, 4.69) is 0 Å². The van der Waals surface area contributed by atoms with Crippen molar-refractivity contribution in [3.8, 4) is 92.0 Å². The molecule has 0 heterocycles. The van der Waals surface area contributed by atoms with Crippen LogP contribution >= 0.6 is 0 Å². The largest absolute Gasteiger partial charge is 0.508 e. The molecule has 0 saturated heterocycles. The van der Waals surface area contributed by atoms with Crippen molar-refractivity contribution in [3.05, 3.63) is 435 Å². The number of benzene rings is 15. The lowest BCUT2D eigenvalue weighted by Gasteiger charge is -2.25. The lowest BCUT2D eigenvalue weighted by Crippen LogP contribution is -2.08. The molecular formula is C108H106O16. The standard InChI is InChI=1S/2C23H24O3.C22H22O4.C21H20O3.C19H16O3/c1-13-11-21(25)15(3)9-19(13)23(17-5-7-18(24)8-6-17)20-10-16(4)22(26)12-14(20)2;1-13-11-21(25)15(3)9-18(13)23(17-7-5-6-8-20(17)24)19-10-16(4)22(26)12-14(19)2;1-12-4-6-15(7-5-12)20(16-8-10-18(23)13(2)21(16)25)17-9-11-19(24)14(3)22(17)26;1-13-11-16(5-9-19(13)23)21(15-3-7-18(22)8-4-15)17-6-10-20(24)14(2)12-17;20-16-7-1-13(2-8-16)19(14-3-9-17(21)10-4-14)15-5-11-18(22)12-6-15/h2*5-12,23-26H,1-4H3;4-11,20,23-26H,1-3H3;3-12,21-24H,1-2H3;1-12,19-22H. The molecule has 0 amide bonds. The zero-order chi connectivity index (χ0) is 89.8. The molecule has 124 heavy (non-hydrogen) atoms. The van der Waals surface area contributed by atoms with Gasteiger partial charge in [-0.2, -0.15) is 0 Å². The molecule has 0 fully saturated rings. The molecule has 0 aliphatic rings. The number of hydrogen-bond acceptors (Lipinski definition) is 16. The Labute approximate surface area is 724 Å². The van der Waals surface area contributed by atoms with Crippen molar-refractivity contribution >= 4 is 0 Å². The molecular weight excluding hydrogens is 1550 g/mol. The highest BCUT2D eigenvalue weighted by Crippen LogP contribution is 2.48. The van der Waals surface area contributed by atoms with Crippen molar-refractivity contribution in [1.29, 1.82) is 0 Å². The third-order valence-electron chi connectivity index (χ3n) is 23.0. The topological polar surface area (TPSA) is 324 Å². The second kappa shape index (κ2) is 39.1. The van der Waals surface area contributed by atoms with E-state index in [9.17, 15) is 81.7 Å². The maximum Gasteiger partial charge on any atom is 0.126 e. The number of aromatic hydroxyl groups is 16. The van der Waals surface area contributed by atoms with Crippen LogP contribution in [0.3, 0.4) is 0 Å². The normalized spacial score (nSPS) is 11.0. The van der Waals surface area contributed by atoms with Crippen LogP contribution in [0.2, 0.25) is 0 Å². The summed E-state index contributed by atoms with van der Waals surface area (Å²) in [6.07, 6.45) is 0. The van der Waals surface area contributed by atoms with Crippen LogP contribution < -0.4 is 0 Å². The van der Waals surface area contributed by atoms with E-state index >= 15 is 0 Å². The Bertz CT molecular complexity index is 5900. The molecule has 634 valence electrons. The minimum atomic E-state index is -0.450. The van der Waals surface area contributed by atoms with Gasteiger partial charge in [-0.05, 0) is 328 Å². The van der Waals surface area contributed by atoms with Gasteiger partial charge in [0.15, 0.2) is 0 Å². The minimum absolute atomic E-state index is 0.0132. The first-order valence-corrected chi connectivity index (χ1v) is 40.6. The Balaban J connectivity index is 0.000000151. The fourth-order valence-electron chi connectivity index (χ4n) is 15.7. The van der Waals surface area contributed by atoms with Gasteiger partial charge in [-0.3, -0.25) is 0 Å². The highest BCUT2D eigenvalue weighted by atomic mass is 16.3. The first kappa shape index (κ1) is 89.9. The third-order valence-corrected chi connectivity index (χ3v) is 23.0. The zero-order valence-electron chi connectivity index (χ0n) is 71.6. The Hall–Kier alpha value is -14.9. The van der Waals surface area contributed by atoms with Crippen LogP contribution in [0.5, 0.6) is 92.0 Å². The number of phenolic OH excluding ortho intramolecular Hbond substituents is 16. The average molecular weight is 1660 g/mol. The van der Waals surface area contributed by atoms with Gasteiger partial charge in [-0.1, -0.05) is 169 Å². The fraction of sp³-hybridized carbons (Fsp3) is 0.167. The van der Waals surface area contributed by atoms with Crippen molar-refractivity contribution in [2.75, 3.05) is 0 Å². The summed E-state index contributed by atoms with van der Waals surface area (Å²) in [5.41, 5.74) is 24.9. The van der Waals surface area contributed by atoms with Crippen LogP contribution in [0.1, 0.15) is 185 Å². The second-order valence-corrected chi connectivity index (χ2v) is 32.0. The lowest BCUT2D eigenvalue weighted by atomic mass is 9.79. The highest BCUT2D eigenvalue weighted by molar-refractivity contribution is 5.63. The third kappa shape index (κ3) is 20.9. The molecule has 16 heteroatoms. The van der Waals surface area contributed by atoms with E-state index in [1.54, 1.807) is 135 Å². The van der Waals surface area contributed by atoms with E-state index in [-0.39, 0.29) is 116 Å². The summed E-state index contributed by atoms with van der Waals surface area (Å²) >= 11 is 0. The van der Waals surface area contributed by atoms with Crippen LogP contribution in [0.4, 0.5) is 0 Å². The molecule has 0 atom stereocenters. The minimum Gasteiger partial charge on any atom is -0.508 e. The maximum absolute atomic E-state index is 10.6. The fourth-order valence-corrected chi connectivity index (χ4v) is 15.7. The van der Waals surface area contributed by atoms with Gasteiger partial charge >= 0.3 is 0 Å². The SMILES string of the molecule is Cc1cc(C(c2cc(C)c(O)cc2C)c2ccccc2O)c(C)cc1O.Cc1cc(C(c2ccc(O)cc2)c2cc(C)c(O)cc2C)c(C)cc1O.Cc1cc(C(c2ccc(O)cc2)c2ccc(O)c(C)c2)ccc1O.Cc1ccc(C(c2ccc(O)c(C)c2O)c2ccc(O)c(C)c2O)cc1.Oc1ccc(C(c2ccc(O)cc2)c2ccc(O)cc2)cc1. The van der Waals surface area contributed by atoms with Crippen molar-refractivity contribution in [3.63, 3.8) is 0 Å². The molecule has 16 nitrogen and oxygen atoms in total. The van der Waals surface area contributed by atoms with Gasteiger partial charge in [0, 0.05) is 57.4 Å². The molecule has 16 N–H and O–H groups in total. The van der Waals surface area contributed by atoms with E-state index in [4.69, 9.17) is 0 Å². The van der Waals surface area contributed by atoms with Gasteiger partial charge in [0.05, 0.1) is 0 Å². The smallest absolute Gasteiger partial charge is 0.126 e. The monoisotopic (exact) mass is 1660 g/mol. The molecule has 0 unspecified atom stereocenters. The average Bonchev–Trinajstić information content (AvgIpc) is 0.771. The van der Waals surface area contributed by atoms with Crippen molar-refractivity contribution in [2.45, 2.75) is 120 Å². The van der Waals surface area contributed by atoms with Crippen LogP contribution in [-0.2, 0) is 0 Å². The molecule has 0 aliphatic carbocycles. The van der Waals surface area contributed by atoms with Crippen LogP contribution in [0.25, 0.3) is 0 Å². The van der Waals surface area contributed by atoms with Gasteiger partial charge in [0.25, 0.3) is 0 Å². The number of phenols is 16. The quantitative estimate of drug-likeness (QED) is 0.0424. The van der Waals surface area contributed by atoms with E-state index in [1.807, 2.05) is 222 Å². The molecule has 15 aromatic rings. The number of aryl methyl sites for hydroxylation is 11. The zero-order valence-corrected chi connectivity index (χ0v) is 71.6. The Kier molecular flexibility index (Phi) is 28.3.